The second kappa shape index (κ2) is 7.89. The summed E-state index contributed by atoms with van der Waals surface area (Å²) >= 11 is 0. The van der Waals surface area contributed by atoms with Gasteiger partial charge >= 0.3 is 0 Å². The maximum absolute atomic E-state index is 12.6. The Morgan fingerprint density at radius 3 is 2.61 bits per heavy atom. The summed E-state index contributed by atoms with van der Waals surface area (Å²) in [4.78, 5) is 37.7. The van der Waals surface area contributed by atoms with Gasteiger partial charge in [-0.1, -0.05) is 13.3 Å². The number of carbonyl (C=O) groups excluding carboxylic acids is 2. The van der Waals surface area contributed by atoms with E-state index in [0.717, 1.165) is 31.5 Å². The van der Waals surface area contributed by atoms with E-state index in [1.54, 1.807) is 15.9 Å². The van der Waals surface area contributed by atoms with Gasteiger partial charge in [0.25, 0.3) is 5.91 Å². The molecule has 0 saturated carbocycles. The Morgan fingerprint density at radius 2 is 2.00 bits per heavy atom. The molecule has 0 atom stereocenters. The molecule has 0 aliphatic carbocycles. The second-order valence-corrected chi connectivity index (χ2v) is 5.90. The molecule has 0 aromatic carbocycles. The predicted octanol–water partition coefficient (Wildman–Crippen LogP) is 0.936. The van der Waals surface area contributed by atoms with Crippen LogP contribution in [-0.4, -0.2) is 71.9 Å². The third-order valence-electron chi connectivity index (χ3n) is 4.00. The zero-order valence-electron chi connectivity index (χ0n) is 14.2. The monoisotopic (exact) mass is 319 g/mol. The van der Waals surface area contributed by atoms with Gasteiger partial charge in [-0.05, 0) is 19.4 Å². The first kappa shape index (κ1) is 17.2. The minimum atomic E-state index is -0.0915. The fraction of sp³-hybridized carbons (Fsp3) is 0.625. The summed E-state index contributed by atoms with van der Waals surface area (Å²) in [5.41, 5.74) is 1.21. The lowest BCUT2D eigenvalue weighted by atomic mass is 10.2. The summed E-state index contributed by atoms with van der Waals surface area (Å²) in [5, 5.41) is 0. The van der Waals surface area contributed by atoms with Gasteiger partial charge in [-0.2, -0.15) is 0 Å². The van der Waals surface area contributed by atoms with Gasteiger partial charge in [0.15, 0.2) is 0 Å². The van der Waals surface area contributed by atoms with Crippen molar-refractivity contribution in [1.29, 1.82) is 0 Å². The van der Waals surface area contributed by atoms with Crippen LogP contribution in [0.1, 0.15) is 35.9 Å². The van der Waals surface area contributed by atoms with Crippen LogP contribution in [0.2, 0.25) is 0 Å². The van der Waals surface area contributed by atoms with Gasteiger partial charge in [0.05, 0.1) is 0 Å². The Morgan fingerprint density at radius 1 is 1.30 bits per heavy atom. The average Bonchev–Trinajstić information content (AvgIpc) is 2.58. The summed E-state index contributed by atoms with van der Waals surface area (Å²) in [6.45, 7) is 7.11. The summed E-state index contributed by atoms with van der Waals surface area (Å²) in [5.74, 6) is 0.500. The van der Waals surface area contributed by atoms with Crippen LogP contribution in [0, 0.1) is 6.92 Å². The van der Waals surface area contributed by atoms with Crippen molar-refractivity contribution < 1.29 is 9.59 Å². The van der Waals surface area contributed by atoms with E-state index in [-0.39, 0.29) is 5.91 Å². The predicted molar refractivity (Wildman–Crippen MR) is 88.5 cm³/mol. The number of amides is 2. The van der Waals surface area contributed by atoms with Crippen molar-refractivity contribution in [2.24, 2.45) is 0 Å². The molecule has 126 valence electrons. The lowest BCUT2D eigenvalue weighted by Gasteiger charge is -2.32. The van der Waals surface area contributed by atoms with Crippen LogP contribution in [0.15, 0.2) is 6.07 Å². The van der Waals surface area contributed by atoms with Crippen molar-refractivity contribution in [3.63, 3.8) is 0 Å². The van der Waals surface area contributed by atoms with Crippen molar-refractivity contribution in [1.82, 2.24) is 19.8 Å². The number of hydrogen-bond acceptors (Lipinski definition) is 5. The maximum Gasteiger partial charge on any atom is 0.272 e. The normalized spacial score (nSPS) is 14.7. The number of carbonyl (C=O) groups is 2. The van der Waals surface area contributed by atoms with Gasteiger partial charge in [-0.15, -0.1) is 0 Å². The molecule has 1 saturated heterocycles. The number of nitrogens with zero attached hydrogens (tertiary/aromatic N) is 5. The molecule has 1 fully saturated rings. The molecule has 2 heterocycles. The van der Waals surface area contributed by atoms with Gasteiger partial charge < -0.3 is 14.7 Å². The minimum absolute atomic E-state index is 0.0915. The van der Waals surface area contributed by atoms with Crippen LogP contribution in [0.25, 0.3) is 0 Å². The molecule has 7 heteroatoms. The fourth-order valence-corrected chi connectivity index (χ4v) is 2.52. The Balaban J connectivity index is 2.11. The van der Waals surface area contributed by atoms with Crippen LogP contribution >= 0.6 is 0 Å². The largest absolute Gasteiger partial charge is 0.344 e. The van der Waals surface area contributed by atoms with E-state index in [1.165, 1.54) is 0 Å². The van der Waals surface area contributed by atoms with Crippen molar-refractivity contribution in [3.05, 3.63) is 17.5 Å². The van der Waals surface area contributed by atoms with Crippen LogP contribution < -0.4 is 4.90 Å². The molecule has 0 radical (unpaired) electrons. The molecule has 1 aliphatic rings. The van der Waals surface area contributed by atoms with E-state index in [9.17, 15) is 9.59 Å². The molecule has 0 spiro atoms. The second-order valence-electron chi connectivity index (χ2n) is 5.90. The molecule has 0 N–H and O–H groups in total. The number of aromatic nitrogens is 2. The number of unbranched alkanes of at least 4 members (excludes halogenated alkanes) is 1. The van der Waals surface area contributed by atoms with Crippen molar-refractivity contribution in [3.8, 4) is 0 Å². The summed E-state index contributed by atoms with van der Waals surface area (Å²) in [6, 6.07) is 1.73. The molecule has 7 nitrogen and oxygen atoms in total. The van der Waals surface area contributed by atoms with E-state index in [0.29, 0.717) is 37.8 Å². The molecule has 1 aliphatic heterocycles. The maximum atomic E-state index is 12.6. The topological polar surface area (TPSA) is 69.6 Å². The molecule has 23 heavy (non-hydrogen) atoms. The van der Waals surface area contributed by atoms with Crippen molar-refractivity contribution >= 4 is 18.3 Å². The highest BCUT2D eigenvalue weighted by Crippen LogP contribution is 2.13. The molecule has 1 aromatic heterocycles. The first-order valence-corrected chi connectivity index (χ1v) is 8.10. The molecule has 1 aromatic rings. The van der Waals surface area contributed by atoms with Gasteiger partial charge in [0.1, 0.15) is 5.69 Å². The summed E-state index contributed by atoms with van der Waals surface area (Å²) in [6.07, 6.45) is 2.99. The van der Waals surface area contributed by atoms with Crippen LogP contribution in [0.4, 0.5) is 5.95 Å². The van der Waals surface area contributed by atoms with Crippen LogP contribution in [0.5, 0.6) is 0 Å². The Labute approximate surface area is 137 Å². The highest BCUT2D eigenvalue weighted by Gasteiger charge is 2.23. The molecular weight excluding hydrogens is 294 g/mol. The highest BCUT2D eigenvalue weighted by molar-refractivity contribution is 5.92. The fourth-order valence-electron chi connectivity index (χ4n) is 2.52. The van der Waals surface area contributed by atoms with Gasteiger partial charge in [-0.25, -0.2) is 9.97 Å². The van der Waals surface area contributed by atoms with E-state index in [2.05, 4.69) is 16.9 Å². The number of piperazine rings is 1. The summed E-state index contributed by atoms with van der Waals surface area (Å²) < 4.78 is 0. The molecule has 2 amide bonds. The Hall–Kier alpha value is -2.18. The van der Waals surface area contributed by atoms with Gasteiger partial charge in [-0.3, -0.25) is 9.59 Å². The van der Waals surface area contributed by atoms with Crippen LogP contribution in [0.3, 0.4) is 0 Å². The van der Waals surface area contributed by atoms with E-state index in [4.69, 9.17) is 0 Å². The van der Waals surface area contributed by atoms with Crippen molar-refractivity contribution in [2.75, 3.05) is 44.7 Å². The third kappa shape index (κ3) is 4.40. The molecule has 0 bridgehead atoms. The Bertz CT molecular complexity index is 555. The standard InChI is InChI=1S/C16H25N5O2/c1-4-5-6-19(3)16-17-13(2)11-14(18-16)15(23)21-9-7-20(12-22)8-10-21/h11-12H,4-10H2,1-3H3. The molecular formula is C16H25N5O2. The van der Waals surface area contributed by atoms with E-state index >= 15 is 0 Å². The number of anilines is 1. The number of aryl methyl sites for hydroxylation is 1. The summed E-state index contributed by atoms with van der Waals surface area (Å²) in [7, 11) is 1.95. The lowest BCUT2D eigenvalue weighted by Crippen LogP contribution is -2.48. The average molecular weight is 319 g/mol. The molecule has 2 rings (SSSR count). The smallest absolute Gasteiger partial charge is 0.272 e. The lowest BCUT2D eigenvalue weighted by molar-refractivity contribution is -0.119. The minimum Gasteiger partial charge on any atom is -0.344 e. The van der Waals surface area contributed by atoms with Crippen molar-refractivity contribution in [2.45, 2.75) is 26.7 Å². The first-order chi connectivity index (χ1) is 11.0. The first-order valence-electron chi connectivity index (χ1n) is 8.10. The third-order valence-corrected chi connectivity index (χ3v) is 4.00. The zero-order valence-corrected chi connectivity index (χ0v) is 14.2. The van der Waals surface area contributed by atoms with E-state index < -0.39 is 0 Å². The quantitative estimate of drug-likeness (QED) is 0.730. The molecule has 0 unspecified atom stereocenters. The van der Waals surface area contributed by atoms with Crippen LogP contribution in [-0.2, 0) is 4.79 Å². The number of rotatable bonds is 6. The van der Waals surface area contributed by atoms with Gasteiger partial charge in [0.2, 0.25) is 12.4 Å². The Kier molecular flexibility index (Phi) is 5.90. The zero-order chi connectivity index (χ0) is 16.8. The number of hydrogen-bond donors (Lipinski definition) is 0. The highest BCUT2D eigenvalue weighted by atomic mass is 16.2. The van der Waals surface area contributed by atoms with E-state index in [1.807, 2.05) is 18.9 Å². The SMILES string of the molecule is CCCCN(C)c1nc(C)cc(C(=O)N2CCN(C=O)CC2)n1. The van der Waals surface area contributed by atoms with Gasteiger partial charge in [0, 0.05) is 45.5 Å².